The van der Waals surface area contributed by atoms with Crippen molar-refractivity contribution in [2.24, 2.45) is 5.92 Å². The standard InChI is InChI=1S/C7H13NO2/c1-5-4-6(7(9)10)2-3-8-5/h5-6,8H,2-4H2,1H3,(H,9,10). The summed E-state index contributed by atoms with van der Waals surface area (Å²) in [5.41, 5.74) is 0. The van der Waals surface area contributed by atoms with Crippen molar-refractivity contribution in [3.8, 4) is 0 Å². The van der Waals surface area contributed by atoms with E-state index in [0.29, 0.717) is 6.04 Å². The van der Waals surface area contributed by atoms with E-state index < -0.39 is 5.97 Å². The van der Waals surface area contributed by atoms with Crippen molar-refractivity contribution in [2.45, 2.75) is 25.8 Å². The van der Waals surface area contributed by atoms with Crippen molar-refractivity contribution in [1.29, 1.82) is 0 Å². The Bertz CT molecular complexity index is 136. The van der Waals surface area contributed by atoms with Crippen LogP contribution in [0.3, 0.4) is 0 Å². The van der Waals surface area contributed by atoms with Gasteiger partial charge in [0.25, 0.3) is 0 Å². The van der Waals surface area contributed by atoms with Crippen LogP contribution in [0.4, 0.5) is 0 Å². The number of carboxylic acids is 1. The SMILES string of the molecule is CC1CC(C(=O)O)CCN1. The van der Waals surface area contributed by atoms with Gasteiger partial charge in [-0.25, -0.2) is 0 Å². The minimum absolute atomic E-state index is 0.115. The maximum Gasteiger partial charge on any atom is 0.306 e. The molecule has 1 aliphatic heterocycles. The number of carboxylic acid groups (broad SMARTS) is 1. The average Bonchev–Trinajstić information content (AvgIpc) is 1.88. The van der Waals surface area contributed by atoms with Gasteiger partial charge in [-0.05, 0) is 26.3 Å². The minimum Gasteiger partial charge on any atom is -0.481 e. The highest BCUT2D eigenvalue weighted by Gasteiger charge is 2.23. The molecule has 1 fully saturated rings. The molecular formula is C7H13NO2. The summed E-state index contributed by atoms with van der Waals surface area (Å²) in [6.07, 6.45) is 1.55. The quantitative estimate of drug-likeness (QED) is 0.560. The van der Waals surface area contributed by atoms with E-state index in [1.54, 1.807) is 0 Å². The maximum absolute atomic E-state index is 10.5. The lowest BCUT2D eigenvalue weighted by molar-refractivity contribution is -0.142. The molecule has 0 amide bonds. The Labute approximate surface area is 60.4 Å². The Balaban J connectivity index is 2.39. The number of hydrogen-bond donors (Lipinski definition) is 2. The van der Waals surface area contributed by atoms with Gasteiger partial charge in [0.1, 0.15) is 0 Å². The van der Waals surface area contributed by atoms with Crippen LogP contribution in [0, 0.1) is 5.92 Å². The van der Waals surface area contributed by atoms with E-state index in [9.17, 15) is 4.79 Å². The molecule has 0 spiro atoms. The third-order valence-corrected chi connectivity index (χ3v) is 1.97. The van der Waals surface area contributed by atoms with Gasteiger partial charge in [0.15, 0.2) is 0 Å². The molecule has 2 unspecified atom stereocenters. The van der Waals surface area contributed by atoms with Crippen molar-refractivity contribution in [1.82, 2.24) is 5.32 Å². The molecule has 0 bridgehead atoms. The first-order chi connectivity index (χ1) is 4.70. The summed E-state index contributed by atoms with van der Waals surface area (Å²) in [6, 6.07) is 0.370. The first-order valence-electron chi connectivity index (χ1n) is 3.66. The maximum atomic E-state index is 10.5. The highest BCUT2D eigenvalue weighted by atomic mass is 16.4. The summed E-state index contributed by atoms with van der Waals surface area (Å²) in [5, 5.41) is 11.8. The fourth-order valence-corrected chi connectivity index (χ4v) is 1.36. The number of aliphatic carboxylic acids is 1. The second-order valence-electron chi connectivity index (χ2n) is 2.91. The second-order valence-corrected chi connectivity index (χ2v) is 2.91. The van der Waals surface area contributed by atoms with E-state index in [4.69, 9.17) is 5.11 Å². The van der Waals surface area contributed by atoms with Gasteiger partial charge >= 0.3 is 5.97 Å². The van der Waals surface area contributed by atoms with Crippen LogP contribution in [0.5, 0.6) is 0 Å². The van der Waals surface area contributed by atoms with Crippen LogP contribution >= 0.6 is 0 Å². The highest BCUT2D eigenvalue weighted by Crippen LogP contribution is 2.15. The highest BCUT2D eigenvalue weighted by molar-refractivity contribution is 5.70. The largest absolute Gasteiger partial charge is 0.481 e. The molecule has 0 aromatic carbocycles. The van der Waals surface area contributed by atoms with Crippen LogP contribution in [-0.2, 0) is 4.79 Å². The fraction of sp³-hybridized carbons (Fsp3) is 0.857. The Morgan fingerprint density at radius 2 is 2.40 bits per heavy atom. The normalized spacial score (nSPS) is 33.7. The van der Waals surface area contributed by atoms with Crippen LogP contribution in [0.15, 0.2) is 0 Å². The van der Waals surface area contributed by atoms with Gasteiger partial charge in [0.2, 0.25) is 0 Å². The van der Waals surface area contributed by atoms with Crippen molar-refractivity contribution >= 4 is 5.97 Å². The molecule has 0 aromatic heterocycles. The van der Waals surface area contributed by atoms with Gasteiger partial charge in [-0.15, -0.1) is 0 Å². The van der Waals surface area contributed by atoms with E-state index in [2.05, 4.69) is 5.32 Å². The Kier molecular flexibility index (Phi) is 2.27. The van der Waals surface area contributed by atoms with Gasteiger partial charge in [0, 0.05) is 6.04 Å². The van der Waals surface area contributed by atoms with Crippen molar-refractivity contribution in [3.05, 3.63) is 0 Å². The lowest BCUT2D eigenvalue weighted by Crippen LogP contribution is -2.38. The van der Waals surface area contributed by atoms with Gasteiger partial charge in [-0.3, -0.25) is 4.79 Å². The molecular weight excluding hydrogens is 130 g/mol. The van der Waals surface area contributed by atoms with E-state index in [-0.39, 0.29) is 5.92 Å². The van der Waals surface area contributed by atoms with Crippen LogP contribution in [-0.4, -0.2) is 23.7 Å². The molecule has 3 nitrogen and oxygen atoms in total. The lowest BCUT2D eigenvalue weighted by atomic mass is 9.94. The Morgan fingerprint density at radius 3 is 2.80 bits per heavy atom. The summed E-state index contributed by atoms with van der Waals surface area (Å²) in [4.78, 5) is 10.5. The Morgan fingerprint density at radius 1 is 1.70 bits per heavy atom. The second kappa shape index (κ2) is 3.01. The van der Waals surface area contributed by atoms with Gasteiger partial charge < -0.3 is 10.4 Å². The zero-order valence-corrected chi connectivity index (χ0v) is 6.13. The van der Waals surface area contributed by atoms with Crippen LogP contribution < -0.4 is 5.32 Å². The first-order valence-corrected chi connectivity index (χ1v) is 3.66. The number of carbonyl (C=O) groups is 1. The zero-order valence-electron chi connectivity index (χ0n) is 6.13. The molecule has 0 saturated carbocycles. The van der Waals surface area contributed by atoms with Crippen LogP contribution in [0.1, 0.15) is 19.8 Å². The predicted octanol–water partition coefficient (Wildman–Crippen LogP) is 0.459. The minimum atomic E-state index is -0.645. The summed E-state index contributed by atoms with van der Waals surface area (Å²) in [6.45, 7) is 2.87. The molecule has 1 rings (SSSR count). The molecule has 58 valence electrons. The molecule has 3 heteroatoms. The average molecular weight is 143 g/mol. The van der Waals surface area contributed by atoms with Crippen LogP contribution in [0.2, 0.25) is 0 Å². The molecule has 1 heterocycles. The topological polar surface area (TPSA) is 49.3 Å². The van der Waals surface area contributed by atoms with E-state index in [1.165, 1.54) is 0 Å². The summed E-state index contributed by atoms with van der Waals surface area (Å²) in [7, 11) is 0. The molecule has 1 saturated heterocycles. The summed E-state index contributed by atoms with van der Waals surface area (Å²) < 4.78 is 0. The summed E-state index contributed by atoms with van der Waals surface area (Å²) in [5.74, 6) is -0.760. The monoisotopic (exact) mass is 143 g/mol. The van der Waals surface area contributed by atoms with Crippen molar-refractivity contribution in [3.63, 3.8) is 0 Å². The van der Waals surface area contributed by atoms with E-state index in [0.717, 1.165) is 19.4 Å². The third kappa shape index (κ3) is 1.70. The molecule has 0 aromatic rings. The van der Waals surface area contributed by atoms with E-state index in [1.807, 2.05) is 6.92 Å². The predicted molar refractivity (Wildman–Crippen MR) is 37.8 cm³/mol. The molecule has 2 N–H and O–H groups in total. The molecule has 10 heavy (non-hydrogen) atoms. The van der Waals surface area contributed by atoms with Gasteiger partial charge in [0.05, 0.1) is 5.92 Å². The van der Waals surface area contributed by atoms with E-state index >= 15 is 0 Å². The third-order valence-electron chi connectivity index (χ3n) is 1.97. The number of hydrogen-bond acceptors (Lipinski definition) is 2. The lowest BCUT2D eigenvalue weighted by Gasteiger charge is -2.24. The molecule has 0 radical (unpaired) electrons. The van der Waals surface area contributed by atoms with Crippen molar-refractivity contribution in [2.75, 3.05) is 6.54 Å². The molecule has 1 aliphatic rings. The van der Waals surface area contributed by atoms with Gasteiger partial charge in [-0.1, -0.05) is 0 Å². The molecule has 0 aliphatic carbocycles. The van der Waals surface area contributed by atoms with Crippen molar-refractivity contribution < 1.29 is 9.90 Å². The van der Waals surface area contributed by atoms with Crippen LogP contribution in [0.25, 0.3) is 0 Å². The summed E-state index contributed by atoms with van der Waals surface area (Å²) >= 11 is 0. The number of rotatable bonds is 1. The van der Waals surface area contributed by atoms with Gasteiger partial charge in [-0.2, -0.15) is 0 Å². The zero-order chi connectivity index (χ0) is 7.56. The smallest absolute Gasteiger partial charge is 0.306 e. The fourth-order valence-electron chi connectivity index (χ4n) is 1.36. The number of nitrogens with one attached hydrogen (secondary N) is 1. The number of piperidine rings is 1. The first kappa shape index (κ1) is 7.54. The molecule has 2 atom stereocenters. The Hall–Kier alpha value is -0.570.